The third-order valence-electron chi connectivity index (χ3n) is 4.38. The van der Waals surface area contributed by atoms with Gasteiger partial charge in [-0.3, -0.25) is 4.68 Å². The molecule has 0 amide bonds. The van der Waals surface area contributed by atoms with Crippen LogP contribution in [0.2, 0.25) is 0 Å². The van der Waals surface area contributed by atoms with E-state index in [2.05, 4.69) is 23.3 Å². The van der Waals surface area contributed by atoms with Crippen molar-refractivity contribution in [2.45, 2.75) is 38.0 Å². The molecule has 2 aromatic rings. The number of nitrogens with zero attached hydrogens (tertiary/aromatic N) is 2. The first-order chi connectivity index (χ1) is 10.2. The van der Waals surface area contributed by atoms with Gasteiger partial charge in [-0.05, 0) is 30.4 Å². The molecular formula is C17H20N2O2. The Hall–Kier alpha value is -2.10. The van der Waals surface area contributed by atoms with Crippen LogP contribution in [0.15, 0.2) is 30.3 Å². The highest BCUT2D eigenvalue weighted by atomic mass is 16.4. The average molecular weight is 284 g/mol. The Balaban J connectivity index is 2.04. The molecule has 0 saturated heterocycles. The van der Waals surface area contributed by atoms with Gasteiger partial charge in [0.15, 0.2) is 5.69 Å². The maximum absolute atomic E-state index is 11.1. The molecule has 0 spiro atoms. The zero-order valence-corrected chi connectivity index (χ0v) is 12.2. The van der Waals surface area contributed by atoms with E-state index in [1.165, 1.54) is 37.7 Å². The van der Waals surface area contributed by atoms with Crippen molar-refractivity contribution in [3.63, 3.8) is 0 Å². The second kappa shape index (κ2) is 5.72. The third-order valence-corrected chi connectivity index (χ3v) is 4.38. The molecule has 0 radical (unpaired) electrons. The van der Waals surface area contributed by atoms with Gasteiger partial charge in [0.2, 0.25) is 0 Å². The molecule has 0 atom stereocenters. The van der Waals surface area contributed by atoms with Crippen LogP contribution in [0.5, 0.6) is 0 Å². The van der Waals surface area contributed by atoms with Crippen molar-refractivity contribution >= 4 is 5.97 Å². The summed E-state index contributed by atoms with van der Waals surface area (Å²) in [6, 6.07) is 10.0. The standard InChI is InChI=1S/C17H20N2O2/c1-19-16(11-15(18-19)17(20)21)14-10-6-5-9-13(14)12-7-3-2-4-8-12/h5-6,9-12H,2-4,7-8H2,1H3,(H,20,21). The van der Waals surface area contributed by atoms with E-state index in [9.17, 15) is 4.79 Å². The van der Waals surface area contributed by atoms with Gasteiger partial charge in [0.1, 0.15) is 0 Å². The van der Waals surface area contributed by atoms with Crippen molar-refractivity contribution in [1.29, 1.82) is 0 Å². The topological polar surface area (TPSA) is 55.1 Å². The summed E-state index contributed by atoms with van der Waals surface area (Å²) in [6.45, 7) is 0. The van der Waals surface area contributed by atoms with Gasteiger partial charge in [0, 0.05) is 12.6 Å². The molecule has 1 aliphatic carbocycles. The second-order valence-electron chi connectivity index (χ2n) is 5.77. The Morgan fingerprint density at radius 2 is 1.95 bits per heavy atom. The molecule has 1 aliphatic rings. The minimum atomic E-state index is -0.980. The number of aryl methyl sites for hydroxylation is 1. The van der Waals surface area contributed by atoms with Crippen molar-refractivity contribution in [3.8, 4) is 11.3 Å². The van der Waals surface area contributed by atoms with Crippen LogP contribution < -0.4 is 0 Å². The number of benzene rings is 1. The van der Waals surface area contributed by atoms with E-state index < -0.39 is 5.97 Å². The predicted molar refractivity (Wildman–Crippen MR) is 81.4 cm³/mol. The number of rotatable bonds is 3. The first-order valence-corrected chi connectivity index (χ1v) is 7.53. The molecule has 3 rings (SSSR count). The molecule has 0 bridgehead atoms. The molecule has 21 heavy (non-hydrogen) atoms. The second-order valence-corrected chi connectivity index (χ2v) is 5.77. The van der Waals surface area contributed by atoms with Crippen molar-refractivity contribution < 1.29 is 9.90 Å². The van der Waals surface area contributed by atoms with Gasteiger partial charge < -0.3 is 5.11 Å². The molecule has 1 heterocycles. The smallest absolute Gasteiger partial charge is 0.356 e. The van der Waals surface area contributed by atoms with E-state index in [0.29, 0.717) is 5.92 Å². The van der Waals surface area contributed by atoms with Gasteiger partial charge >= 0.3 is 5.97 Å². The lowest BCUT2D eigenvalue weighted by Gasteiger charge is -2.24. The molecular weight excluding hydrogens is 264 g/mol. The summed E-state index contributed by atoms with van der Waals surface area (Å²) in [7, 11) is 1.80. The fourth-order valence-corrected chi connectivity index (χ4v) is 3.32. The van der Waals surface area contributed by atoms with Crippen LogP contribution in [-0.4, -0.2) is 20.9 Å². The minimum Gasteiger partial charge on any atom is -0.476 e. The largest absolute Gasteiger partial charge is 0.476 e. The zero-order chi connectivity index (χ0) is 14.8. The van der Waals surface area contributed by atoms with Gasteiger partial charge in [-0.1, -0.05) is 43.5 Å². The highest BCUT2D eigenvalue weighted by Crippen LogP contribution is 2.37. The summed E-state index contributed by atoms with van der Waals surface area (Å²) in [6.07, 6.45) is 6.34. The number of hydrogen-bond acceptors (Lipinski definition) is 2. The van der Waals surface area contributed by atoms with Gasteiger partial charge in [0.25, 0.3) is 0 Å². The lowest BCUT2D eigenvalue weighted by atomic mass is 9.81. The molecule has 0 aliphatic heterocycles. The number of carboxylic acids is 1. The van der Waals surface area contributed by atoms with Crippen LogP contribution in [0.3, 0.4) is 0 Å². The first-order valence-electron chi connectivity index (χ1n) is 7.53. The molecule has 1 fully saturated rings. The van der Waals surface area contributed by atoms with Crippen LogP contribution in [0.4, 0.5) is 0 Å². The van der Waals surface area contributed by atoms with E-state index in [4.69, 9.17) is 5.11 Å². The molecule has 4 nitrogen and oxygen atoms in total. The Morgan fingerprint density at radius 3 is 2.62 bits per heavy atom. The molecule has 1 saturated carbocycles. The van der Waals surface area contributed by atoms with E-state index in [-0.39, 0.29) is 5.69 Å². The summed E-state index contributed by atoms with van der Waals surface area (Å²) in [5.41, 5.74) is 3.43. The Kier molecular flexibility index (Phi) is 3.78. The van der Waals surface area contributed by atoms with Crippen molar-refractivity contribution in [2.24, 2.45) is 7.05 Å². The highest BCUT2D eigenvalue weighted by molar-refractivity contribution is 5.87. The lowest BCUT2D eigenvalue weighted by molar-refractivity contribution is 0.0689. The van der Waals surface area contributed by atoms with Crippen LogP contribution in [-0.2, 0) is 7.05 Å². The predicted octanol–water partition coefficient (Wildman–Crippen LogP) is 3.83. The van der Waals surface area contributed by atoms with E-state index >= 15 is 0 Å². The van der Waals surface area contributed by atoms with E-state index in [1.54, 1.807) is 17.8 Å². The minimum absolute atomic E-state index is 0.103. The fourth-order valence-electron chi connectivity index (χ4n) is 3.32. The summed E-state index contributed by atoms with van der Waals surface area (Å²) in [4.78, 5) is 11.1. The monoisotopic (exact) mass is 284 g/mol. The Morgan fingerprint density at radius 1 is 1.24 bits per heavy atom. The quantitative estimate of drug-likeness (QED) is 0.931. The van der Waals surface area contributed by atoms with Crippen LogP contribution in [0, 0.1) is 0 Å². The number of aromatic nitrogens is 2. The summed E-state index contributed by atoms with van der Waals surface area (Å²) in [5.74, 6) is -0.398. The van der Waals surface area contributed by atoms with E-state index in [1.807, 2.05) is 6.07 Å². The van der Waals surface area contributed by atoms with Crippen LogP contribution in [0.1, 0.15) is 54.1 Å². The Labute approximate surface area is 124 Å². The number of carboxylic acid groups (broad SMARTS) is 1. The molecule has 1 N–H and O–H groups in total. The number of aromatic carboxylic acids is 1. The van der Waals surface area contributed by atoms with Crippen molar-refractivity contribution in [1.82, 2.24) is 9.78 Å². The summed E-state index contributed by atoms with van der Waals surface area (Å²) in [5, 5.41) is 13.2. The number of carbonyl (C=O) groups is 1. The molecule has 110 valence electrons. The average Bonchev–Trinajstić information content (AvgIpc) is 2.90. The van der Waals surface area contributed by atoms with Gasteiger partial charge in [-0.2, -0.15) is 5.10 Å². The van der Waals surface area contributed by atoms with Gasteiger partial charge in [-0.25, -0.2) is 4.79 Å². The van der Waals surface area contributed by atoms with Crippen molar-refractivity contribution in [2.75, 3.05) is 0 Å². The Bertz CT molecular complexity index is 655. The molecule has 1 aromatic carbocycles. The van der Waals surface area contributed by atoms with Crippen molar-refractivity contribution in [3.05, 3.63) is 41.6 Å². The lowest BCUT2D eigenvalue weighted by Crippen LogP contribution is -2.07. The fraction of sp³-hybridized carbons (Fsp3) is 0.412. The van der Waals surface area contributed by atoms with Crippen LogP contribution in [0.25, 0.3) is 11.3 Å². The molecule has 0 unspecified atom stereocenters. The first kappa shape index (κ1) is 13.9. The van der Waals surface area contributed by atoms with E-state index in [0.717, 1.165) is 11.3 Å². The SMILES string of the molecule is Cn1nc(C(=O)O)cc1-c1ccccc1C1CCCCC1. The maximum Gasteiger partial charge on any atom is 0.356 e. The maximum atomic E-state index is 11.1. The highest BCUT2D eigenvalue weighted by Gasteiger charge is 2.21. The molecule has 1 aromatic heterocycles. The number of hydrogen-bond donors (Lipinski definition) is 1. The zero-order valence-electron chi connectivity index (χ0n) is 12.2. The van der Waals surface area contributed by atoms with Gasteiger partial charge in [-0.15, -0.1) is 0 Å². The third kappa shape index (κ3) is 2.71. The normalized spacial score (nSPS) is 16.0. The van der Waals surface area contributed by atoms with Crippen LogP contribution >= 0.6 is 0 Å². The summed E-state index contributed by atoms with van der Waals surface area (Å²) < 4.78 is 1.67. The molecule has 4 heteroatoms. The van der Waals surface area contributed by atoms with Gasteiger partial charge in [0.05, 0.1) is 5.69 Å². The summed E-state index contributed by atoms with van der Waals surface area (Å²) >= 11 is 0.